The van der Waals surface area contributed by atoms with E-state index in [1.807, 2.05) is 0 Å². The summed E-state index contributed by atoms with van der Waals surface area (Å²) in [4.78, 5) is 15.2. The van der Waals surface area contributed by atoms with Crippen LogP contribution < -0.4 is 5.73 Å². The molecule has 1 rings (SSSR count). The van der Waals surface area contributed by atoms with Crippen LogP contribution in [-0.4, -0.2) is 66.7 Å². The fourth-order valence-corrected chi connectivity index (χ4v) is 1.73. The van der Waals surface area contributed by atoms with Gasteiger partial charge < -0.3 is 20.6 Å². The Bertz CT molecular complexity index is 187. The van der Waals surface area contributed by atoms with Gasteiger partial charge in [0.05, 0.1) is 0 Å². The molecule has 0 radical (unpaired) electrons. The molecule has 1 amide bonds. The predicted molar refractivity (Wildman–Crippen MR) is 53.8 cm³/mol. The van der Waals surface area contributed by atoms with Gasteiger partial charge in [0.2, 0.25) is 5.91 Å². The molecule has 0 aromatic carbocycles. The third kappa shape index (κ3) is 3.25. The lowest BCUT2D eigenvalue weighted by molar-refractivity contribution is -0.134. The highest BCUT2D eigenvalue weighted by atomic mass is 16.3. The first-order valence-corrected chi connectivity index (χ1v) is 5.09. The lowest BCUT2D eigenvalue weighted by atomic mass is 10.4. The van der Waals surface area contributed by atoms with Gasteiger partial charge in [0.25, 0.3) is 0 Å². The van der Waals surface area contributed by atoms with E-state index in [-0.39, 0.29) is 12.5 Å². The smallest absolute Gasteiger partial charge is 0.248 e. The van der Waals surface area contributed by atoms with E-state index in [1.165, 1.54) is 0 Å². The number of aliphatic hydroxyl groups is 1. The summed E-state index contributed by atoms with van der Waals surface area (Å²) >= 11 is 0. The minimum Gasteiger partial charge on any atom is -0.387 e. The summed E-state index contributed by atoms with van der Waals surface area (Å²) in [6, 6.07) is 0. The normalized spacial score (nSPS) is 19.4. The van der Waals surface area contributed by atoms with Crippen LogP contribution in [0.4, 0.5) is 0 Å². The number of aliphatic hydroxyl groups excluding tert-OH is 1. The van der Waals surface area contributed by atoms with Crippen molar-refractivity contribution in [3.8, 4) is 0 Å². The van der Waals surface area contributed by atoms with Gasteiger partial charge in [-0.1, -0.05) is 0 Å². The number of hydrogen-bond acceptors (Lipinski definition) is 4. The van der Waals surface area contributed by atoms with Crippen molar-refractivity contribution >= 4 is 5.91 Å². The second kappa shape index (κ2) is 5.95. The van der Waals surface area contributed by atoms with E-state index in [0.717, 1.165) is 32.6 Å². The fraction of sp³-hybridized carbons (Fsp3) is 0.889. The lowest BCUT2D eigenvalue weighted by Crippen LogP contribution is -2.37. The Morgan fingerprint density at radius 2 is 2.07 bits per heavy atom. The maximum Gasteiger partial charge on any atom is 0.248 e. The molecule has 0 aromatic heterocycles. The molecule has 0 aliphatic carbocycles. The van der Waals surface area contributed by atoms with Crippen molar-refractivity contribution in [1.29, 1.82) is 0 Å². The van der Waals surface area contributed by atoms with Crippen LogP contribution in [0.5, 0.6) is 0 Å². The second-order valence-corrected chi connectivity index (χ2v) is 3.52. The quantitative estimate of drug-likeness (QED) is 0.581. The Balaban J connectivity index is 2.36. The summed E-state index contributed by atoms with van der Waals surface area (Å²) in [7, 11) is 0. The molecule has 0 unspecified atom stereocenters. The Morgan fingerprint density at radius 1 is 1.29 bits per heavy atom. The van der Waals surface area contributed by atoms with Crippen molar-refractivity contribution < 1.29 is 9.90 Å². The number of amides is 1. The molecule has 1 fully saturated rings. The van der Waals surface area contributed by atoms with E-state index in [9.17, 15) is 4.79 Å². The van der Waals surface area contributed by atoms with Crippen LogP contribution in [0.2, 0.25) is 0 Å². The molecule has 3 N–H and O–H groups in total. The van der Waals surface area contributed by atoms with Gasteiger partial charge in [-0.3, -0.25) is 4.79 Å². The van der Waals surface area contributed by atoms with Gasteiger partial charge in [-0.2, -0.15) is 0 Å². The zero-order chi connectivity index (χ0) is 10.4. The molecular formula is C9H19N3O2. The maximum absolute atomic E-state index is 11.2. The molecule has 82 valence electrons. The van der Waals surface area contributed by atoms with Crippen LogP contribution in [-0.2, 0) is 4.79 Å². The van der Waals surface area contributed by atoms with Crippen LogP contribution >= 0.6 is 0 Å². The highest BCUT2D eigenvalue weighted by molar-refractivity contribution is 5.77. The molecule has 0 saturated carbocycles. The van der Waals surface area contributed by atoms with Gasteiger partial charge in [0.15, 0.2) is 0 Å². The molecular weight excluding hydrogens is 182 g/mol. The van der Waals surface area contributed by atoms with E-state index < -0.39 is 0 Å². The van der Waals surface area contributed by atoms with E-state index in [1.54, 1.807) is 4.90 Å². The van der Waals surface area contributed by atoms with E-state index in [2.05, 4.69) is 4.90 Å². The first kappa shape index (κ1) is 11.4. The predicted octanol–water partition coefficient (Wildman–Crippen LogP) is -1.53. The molecule has 0 atom stereocenters. The Labute approximate surface area is 84.5 Å². The van der Waals surface area contributed by atoms with Crippen LogP contribution in [0.1, 0.15) is 6.42 Å². The largest absolute Gasteiger partial charge is 0.387 e. The first-order chi connectivity index (χ1) is 6.77. The summed E-state index contributed by atoms with van der Waals surface area (Å²) in [5.74, 6) is -0.167. The number of carbonyl (C=O) groups excluding carboxylic acids is 1. The summed E-state index contributed by atoms with van der Waals surface area (Å²) in [5.41, 5.74) is 5.47. The molecule has 1 heterocycles. The Hall–Kier alpha value is -0.650. The third-order valence-electron chi connectivity index (χ3n) is 2.52. The summed E-state index contributed by atoms with van der Waals surface area (Å²) in [5, 5.41) is 8.72. The SMILES string of the molecule is NCCN1CCCN(C(=O)CO)CC1. The topological polar surface area (TPSA) is 69.8 Å². The fourth-order valence-electron chi connectivity index (χ4n) is 1.73. The number of hydrogen-bond donors (Lipinski definition) is 2. The Kier molecular flexibility index (Phi) is 4.86. The minimum atomic E-state index is -0.378. The lowest BCUT2D eigenvalue weighted by Gasteiger charge is -2.20. The third-order valence-corrected chi connectivity index (χ3v) is 2.52. The highest BCUT2D eigenvalue weighted by Crippen LogP contribution is 2.02. The molecule has 0 spiro atoms. The average Bonchev–Trinajstić information content (AvgIpc) is 2.43. The van der Waals surface area contributed by atoms with Crippen LogP contribution in [0, 0.1) is 0 Å². The van der Waals surface area contributed by atoms with E-state index in [4.69, 9.17) is 10.8 Å². The summed E-state index contributed by atoms with van der Waals surface area (Å²) in [6.45, 7) is 4.49. The first-order valence-electron chi connectivity index (χ1n) is 5.09. The molecule has 5 heteroatoms. The average molecular weight is 201 g/mol. The Morgan fingerprint density at radius 3 is 2.71 bits per heavy atom. The maximum atomic E-state index is 11.2. The minimum absolute atomic E-state index is 0.167. The number of carbonyl (C=O) groups is 1. The van der Waals surface area contributed by atoms with Crippen molar-refractivity contribution in [2.24, 2.45) is 5.73 Å². The van der Waals surface area contributed by atoms with E-state index in [0.29, 0.717) is 13.1 Å². The van der Waals surface area contributed by atoms with Gasteiger partial charge in [0, 0.05) is 32.7 Å². The zero-order valence-corrected chi connectivity index (χ0v) is 8.48. The second-order valence-electron chi connectivity index (χ2n) is 3.52. The molecule has 1 aliphatic heterocycles. The molecule has 0 aromatic rings. The highest BCUT2D eigenvalue weighted by Gasteiger charge is 2.17. The van der Waals surface area contributed by atoms with Crippen LogP contribution in [0.25, 0.3) is 0 Å². The molecule has 5 nitrogen and oxygen atoms in total. The molecule has 14 heavy (non-hydrogen) atoms. The monoisotopic (exact) mass is 201 g/mol. The van der Waals surface area contributed by atoms with Crippen LogP contribution in [0.3, 0.4) is 0 Å². The van der Waals surface area contributed by atoms with Gasteiger partial charge >= 0.3 is 0 Å². The molecule has 1 saturated heterocycles. The molecule has 1 aliphatic rings. The number of nitrogens with zero attached hydrogens (tertiary/aromatic N) is 2. The van der Waals surface area contributed by atoms with Gasteiger partial charge in [-0.05, 0) is 13.0 Å². The van der Waals surface area contributed by atoms with Crippen molar-refractivity contribution in [2.75, 3.05) is 45.9 Å². The number of nitrogens with two attached hydrogens (primary N) is 1. The summed E-state index contributed by atoms with van der Waals surface area (Å²) < 4.78 is 0. The standard InChI is InChI=1S/C9H19N3O2/c10-2-5-11-3-1-4-12(7-6-11)9(14)8-13/h13H,1-8,10H2. The van der Waals surface area contributed by atoms with Crippen molar-refractivity contribution in [1.82, 2.24) is 9.80 Å². The van der Waals surface area contributed by atoms with Gasteiger partial charge in [-0.15, -0.1) is 0 Å². The van der Waals surface area contributed by atoms with Crippen molar-refractivity contribution in [3.05, 3.63) is 0 Å². The van der Waals surface area contributed by atoms with Gasteiger partial charge in [-0.25, -0.2) is 0 Å². The number of rotatable bonds is 3. The molecule has 0 bridgehead atoms. The van der Waals surface area contributed by atoms with Gasteiger partial charge in [0.1, 0.15) is 6.61 Å². The van der Waals surface area contributed by atoms with Crippen molar-refractivity contribution in [2.45, 2.75) is 6.42 Å². The van der Waals surface area contributed by atoms with Crippen molar-refractivity contribution in [3.63, 3.8) is 0 Å². The summed E-state index contributed by atoms with van der Waals surface area (Å²) in [6.07, 6.45) is 0.964. The van der Waals surface area contributed by atoms with Crippen LogP contribution in [0.15, 0.2) is 0 Å². The van der Waals surface area contributed by atoms with E-state index >= 15 is 0 Å². The zero-order valence-electron chi connectivity index (χ0n) is 8.48.